The summed E-state index contributed by atoms with van der Waals surface area (Å²) in [5, 5.41) is 5.40. The SMILES string of the molecule is COCCn1nccc1C(=O)N1CCC[C@@]2(CCN2Cc2cnc(C)s2)C1. The zero-order valence-corrected chi connectivity index (χ0v) is 16.9. The van der Waals surface area contributed by atoms with Crippen LogP contribution in [0.4, 0.5) is 0 Å². The quantitative estimate of drug-likeness (QED) is 0.758. The van der Waals surface area contributed by atoms with E-state index in [0.29, 0.717) is 18.8 Å². The lowest BCUT2D eigenvalue weighted by Gasteiger charge is -2.57. The molecule has 2 saturated heterocycles. The molecule has 8 heteroatoms. The summed E-state index contributed by atoms with van der Waals surface area (Å²) in [6.07, 6.45) is 7.07. The second-order valence-corrected chi connectivity index (χ2v) is 8.82. The Kier molecular flexibility index (Phi) is 5.29. The normalized spacial score (nSPS) is 23.0. The van der Waals surface area contributed by atoms with Crippen LogP contribution in [-0.2, 0) is 17.8 Å². The van der Waals surface area contributed by atoms with Crippen molar-refractivity contribution >= 4 is 17.2 Å². The van der Waals surface area contributed by atoms with Gasteiger partial charge in [-0.15, -0.1) is 11.3 Å². The van der Waals surface area contributed by atoms with Gasteiger partial charge in [-0.3, -0.25) is 14.4 Å². The molecule has 1 atom stereocenters. The highest BCUT2D eigenvalue weighted by atomic mass is 32.1. The number of carbonyl (C=O) groups excluding carboxylic acids is 1. The van der Waals surface area contributed by atoms with Crippen LogP contribution in [0.2, 0.25) is 0 Å². The van der Waals surface area contributed by atoms with Crippen LogP contribution in [0.1, 0.15) is 39.6 Å². The molecule has 0 unspecified atom stereocenters. The van der Waals surface area contributed by atoms with Crippen molar-refractivity contribution in [1.29, 1.82) is 0 Å². The molecule has 0 radical (unpaired) electrons. The molecule has 0 aromatic carbocycles. The first-order valence-corrected chi connectivity index (χ1v) is 10.4. The van der Waals surface area contributed by atoms with Gasteiger partial charge < -0.3 is 9.64 Å². The average Bonchev–Trinajstić information content (AvgIpc) is 3.31. The smallest absolute Gasteiger partial charge is 0.272 e. The molecule has 2 aromatic heterocycles. The number of amides is 1. The molecular weight excluding hydrogens is 362 g/mol. The first kappa shape index (κ1) is 18.6. The van der Waals surface area contributed by atoms with Crippen molar-refractivity contribution in [3.63, 3.8) is 0 Å². The van der Waals surface area contributed by atoms with Gasteiger partial charge in [-0.2, -0.15) is 5.10 Å². The number of rotatable bonds is 6. The van der Waals surface area contributed by atoms with E-state index in [0.717, 1.165) is 50.4 Å². The van der Waals surface area contributed by atoms with Crippen molar-refractivity contribution in [2.75, 3.05) is 33.4 Å². The molecule has 1 amide bonds. The first-order chi connectivity index (χ1) is 13.1. The number of piperidine rings is 1. The monoisotopic (exact) mass is 389 g/mol. The summed E-state index contributed by atoms with van der Waals surface area (Å²) < 4.78 is 6.89. The van der Waals surface area contributed by atoms with Gasteiger partial charge in [0.1, 0.15) is 5.69 Å². The zero-order valence-electron chi connectivity index (χ0n) is 16.1. The summed E-state index contributed by atoms with van der Waals surface area (Å²) in [6, 6.07) is 1.82. The Morgan fingerprint density at radius 1 is 1.37 bits per heavy atom. The number of aryl methyl sites for hydroxylation is 1. The van der Waals surface area contributed by atoms with Crippen LogP contribution in [0.25, 0.3) is 0 Å². The van der Waals surface area contributed by atoms with E-state index in [1.165, 1.54) is 4.88 Å². The van der Waals surface area contributed by atoms with Crippen molar-refractivity contribution < 1.29 is 9.53 Å². The van der Waals surface area contributed by atoms with E-state index in [4.69, 9.17) is 4.74 Å². The summed E-state index contributed by atoms with van der Waals surface area (Å²) in [4.78, 5) is 23.4. The van der Waals surface area contributed by atoms with Crippen LogP contribution in [0.3, 0.4) is 0 Å². The van der Waals surface area contributed by atoms with Gasteiger partial charge in [0, 0.05) is 56.1 Å². The summed E-state index contributed by atoms with van der Waals surface area (Å²) in [7, 11) is 1.66. The van der Waals surface area contributed by atoms with Gasteiger partial charge in [0.15, 0.2) is 0 Å². The highest BCUT2D eigenvalue weighted by Gasteiger charge is 2.48. The van der Waals surface area contributed by atoms with Crippen molar-refractivity contribution in [2.45, 2.75) is 44.8 Å². The van der Waals surface area contributed by atoms with Gasteiger partial charge in [0.25, 0.3) is 5.91 Å². The van der Waals surface area contributed by atoms with Gasteiger partial charge in [-0.1, -0.05) is 0 Å². The fraction of sp³-hybridized carbons (Fsp3) is 0.632. The second kappa shape index (κ2) is 7.69. The van der Waals surface area contributed by atoms with Gasteiger partial charge in [0.05, 0.1) is 18.2 Å². The molecule has 4 rings (SSSR count). The van der Waals surface area contributed by atoms with Gasteiger partial charge in [-0.05, 0) is 32.3 Å². The Labute approximate surface area is 163 Å². The molecule has 0 bridgehead atoms. The Bertz CT molecular complexity index is 804. The maximum Gasteiger partial charge on any atom is 0.272 e. The van der Waals surface area contributed by atoms with E-state index in [9.17, 15) is 4.79 Å². The second-order valence-electron chi connectivity index (χ2n) is 7.50. The van der Waals surface area contributed by atoms with Crippen LogP contribution < -0.4 is 0 Å². The fourth-order valence-electron chi connectivity index (χ4n) is 4.28. The number of thiazole rings is 1. The number of nitrogens with zero attached hydrogens (tertiary/aromatic N) is 5. The lowest BCUT2D eigenvalue weighted by Crippen LogP contribution is -2.67. The highest BCUT2D eigenvalue weighted by molar-refractivity contribution is 7.11. The number of likely N-dealkylation sites (tertiary alicyclic amines) is 2. The molecule has 4 heterocycles. The molecule has 27 heavy (non-hydrogen) atoms. The summed E-state index contributed by atoms with van der Waals surface area (Å²) >= 11 is 1.77. The number of aromatic nitrogens is 3. The number of methoxy groups -OCH3 is 1. The molecular formula is C19H27N5O2S. The molecule has 146 valence electrons. The lowest BCUT2D eigenvalue weighted by atomic mass is 9.77. The Balaban J connectivity index is 1.45. The van der Waals surface area contributed by atoms with Crippen molar-refractivity contribution in [3.8, 4) is 0 Å². The summed E-state index contributed by atoms with van der Waals surface area (Å²) in [5.41, 5.74) is 0.788. The van der Waals surface area contributed by atoms with Gasteiger partial charge >= 0.3 is 0 Å². The molecule has 0 saturated carbocycles. The van der Waals surface area contributed by atoms with Crippen LogP contribution in [0.5, 0.6) is 0 Å². The van der Waals surface area contributed by atoms with E-state index >= 15 is 0 Å². The molecule has 0 N–H and O–H groups in total. The standard InChI is InChI=1S/C19H27N5O2S/c1-15-20-12-16(27-15)13-23-9-6-19(23)5-3-8-22(14-19)18(25)17-4-7-21-24(17)10-11-26-2/h4,7,12H,3,5-6,8-11,13-14H2,1-2H3/t19-/m1/s1. The maximum atomic E-state index is 13.1. The largest absolute Gasteiger partial charge is 0.383 e. The van der Waals surface area contributed by atoms with E-state index < -0.39 is 0 Å². The molecule has 7 nitrogen and oxygen atoms in total. The van der Waals surface area contributed by atoms with E-state index in [1.807, 2.05) is 24.1 Å². The molecule has 0 aliphatic carbocycles. The van der Waals surface area contributed by atoms with Crippen LogP contribution in [0.15, 0.2) is 18.5 Å². The van der Waals surface area contributed by atoms with E-state index in [2.05, 4.69) is 15.0 Å². The molecule has 2 aliphatic rings. The lowest BCUT2D eigenvalue weighted by molar-refractivity contribution is -0.0645. The van der Waals surface area contributed by atoms with Gasteiger partial charge in [-0.25, -0.2) is 4.98 Å². The molecule has 2 fully saturated rings. The Morgan fingerprint density at radius 3 is 2.96 bits per heavy atom. The zero-order chi connectivity index (χ0) is 18.9. The molecule has 2 aromatic rings. The van der Waals surface area contributed by atoms with Crippen LogP contribution in [0, 0.1) is 6.92 Å². The molecule has 2 aliphatic heterocycles. The third-order valence-electron chi connectivity index (χ3n) is 5.82. The number of ether oxygens (including phenoxy) is 1. The third kappa shape index (κ3) is 3.66. The maximum absolute atomic E-state index is 13.1. The number of hydrogen-bond donors (Lipinski definition) is 0. The van der Waals surface area contributed by atoms with Crippen LogP contribution >= 0.6 is 11.3 Å². The minimum absolute atomic E-state index is 0.0863. The number of carbonyl (C=O) groups is 1. The summed E-state index contributed by atoms with van der Waals surface area (Å²) in [6.45, 7) is 6.87. The number of hydrogen-bond acceptors (Lipinski definition) is 6. The third-order valence-corrected chi connectivity index (χ3v) is 6.72. The van der Waals surface area contributed by atoms with Crippen molar-refractivity contribution in [1.82, 2.24) is 24.6 Å². The topological polar surface area (TPSA) is 63.5 Å². The summed E-state index contributed by atoms with van der Waals surface area (Å²) in [5.74, 6) is 0.0863. The van der Waals surface area contributed by atoms with Crippen molar-refractivity contribution in [2.24, 2.45) is 0 Å². The minimum Gasteiger partial charge on any atom is -0.383 e. The van der Waals surface area contributed by atoms with E-state index in [1.54, 1.807) is 29.3 Å². The first-order valence-electron chi connectivity index (χ1n) is 9.58. The highest BCUT2D eigenvalue weighted by Crippen LogP contribution is 2.40. The van der Waals surface area contributed by atoms with E-state index in [-0.39, 0.29) is 11.4 Å². The van der Waals surface area contributed by atoms with Gasteiger partial charge in [0.2, 0.25) is 0 Å². The minimum atomic E-state index is 0.0863. The van der Waals surface area contributed by atoms with Crippen LogP contribution in [-0.4, -0.2) is 69.4 Å². The molecule has 1 spiro atoms. The Hall–Kier alpha value is -1.77. The Morgan fingerprint density at radius 2 is 2.26 bits per heavy atom. The predicted octanol–water partition coefficient (Wildman–Crippen LogP) is 2.18. The fourth-order valence-corrected chi connectivity index (χ4v) is 5.09. The van der Waals surface area contributed by atoms with Crippen molar-refractivity contribution in [3.05, 3.63) is 34.0 Å². The average molecular weight is 390 g/mol. The predicted molar refractivity (Wildman–Crippen MR) is 104 cm³/mol.